The van der Waals surface area contributed by atoms with Gasteiger partial charge >= 0.3 is 0 Å². The number of benzene rings is 2. The van der Waals surface area contributed by atoms with Crippen molar-refractivity contribution in [1.82, 2.24) is 9.80 Å². The maximum absolute atomic E-state index is 13.9. The Balaban J connectivity index is 1.71. The lowest BCUT2D eigenvalue weighted by Gasteiger charge is -2.35. The SMILES string of the molecule is CN1CCN(C2=Nc3cc(F)ccc3N3CCc4cccc2c43)CC1. The average Bonchev–Trinajstić information content (AvgIpc) is 2.99. The number of anilines is 2. The van der Waals surface area contributed by atoms with Crippen molar-refractivity contribution in [3.8, 4) is 0 Å². The van der Waals surface area contributed by atoms with Gasteiger partial charge in [-0.15, -0.1) is 0 Å². The van der Waals surface area contributed by atoms with Crippen LogP contribution in [0.3, 0.4) is 0 Å². The molecule has 0 radical (unpaired) electrons. The highest BCUT2D eigenvalue weighted by molar-refractivity contribution is 6.09. The van der Waals surface area contributed by atoms with Crippen LogP contribution in [-0.2, 0) is 6.42 Å². The van der Waals surface area contributed by atoms with Gasteiger partial charge in [0.1, 0.15) is 11.7 Å². The normalized spacial score (nSPS) is 19.4. The topological polar surface area (TPSA) is 22.1 Å². The number of likely N-dealkylation sites (N-methyl/N-ethyl adjacent to an activating group) is 1. The smallest absolute Gasteiger partial charge is 0.138 e. The minimum absolute atomic E-state index is 0.231. The molecule has 0 aliphatic carbocycles. The number of nitrogens with zero attached hydrogens (tertiary/aromatic N) is 4. The molecule has 1 fully saturated rings. The van der Waals surface area contributed by atoms with Crippen LogP contribution in [0.15, 0.2) is 41.4 Å². The highest BCUT2D eigenvalue weighted by Crippen LogP contribution is 2.45. The van der Waals surface area contributed by atoms with E-state index in [0.29, 0.717) is 0 Å². The van der Waals surface area contributed by atoms with Crippen LogP contribution in [0.4, 0.5) is 21.5 Å². The Kier molecular flexibility index (Phi) is 3.31. The Morgan fingerprint density at radius 2 is 1.84 bits per heavy atom. The van der Waals surface area contributed by atoms with Crippen molar-refractivity contribution in [1.29, 1.82) is 0 Å². The summed E-state index contributed by atoms with van der Waals surface area (Å²) in [5, 5.41) is 0. The molecule has 4 nitrogen and oxygen atoms in total. The molecule has 0 spiro atoms. The van der Waals surface area contributed by atoms with E-state index in [9.17, 15) is 4.39 Å². The van der Waals surface area contributed by atoms with E-state index in [-0.39, 0.29) is 5.82 Å². The summed E-state index contributed by atoms with van der Waals surface area (Å²) in [5.41, 5.74) is 5.54. The third-order valence-electron chi connectivity index (χ3n) is 5.49. The molecule has 3 heterocycles. The number of piperazine rings is 1. The Morgan fingerprint density at radius 1 is 1.00 bits per heavy atom. The molecular formula is C20H21FN4. The van der Waals surface area contributed by atoms with Gasteiger partial charge in [-0.1, -0.05) is 12.1 Å². The molecule has 5 heteroatoms. The van der Waals surface area contributed by atoms with Gasteiger partial charge in [-0.05, 0) is 37.2 Å². The molecule has 0 aromatic heterocycles. The summed E-state index contributed by atoms with van der Waals surface area (Å²) < 4.78 is 13.9. The predicted octanol–water partition coefficient (Wildman–Crippen LogP) is 3.16. The van der Waals surface area contributed by atoms with Crippen LogP contribution in [0.1, 0.15) is 11.1 Å². The number of hydrogen-bond donors (Lipinski definition) is 0. The monoisotopic (exact) mass is 336 g/mol. The molecule has 3 aliphatic rings. The third-order valence-corrected chi connectivity index (χ3v) is 5.49. The van der Waals surface area contributed by atoms with Crippen molar-refractivity contribution in [3.63, 3.8) is 0 Å². The summed E-state index contributed by atoms with van der Waals surface area (Å²) >= 11 is 0. The standard InChI is InChI=1S/C20H21FN4/c1-23-9-11-24(12-10-23)20-16-4-2-3-14-7-8-25(19(14)16)18-6-5-15(21)13-17(18)22-20/h2-6,13H,7-12H2,1H3. The van der Waals surface area contributed by atoms with Gasteiger partial charge in [0.15, 0.2) is 0 Å². The second-order valence-corrected chi connectivity index (χ2v) is 7.07. The van der Waals surface area contributed by atoms with Crippen molar-refractivity contribution >= 4 is 22.9 Å². The van der Waals surface area contributed by atoms with Crippen LogP contribution >= 0.6 is 0 Å². The van der Waals surface area contributed by atoms with Gasteiger partial charge in [0.25, 0.3) is 0 Å². The van der Waals surface area contributed by atoms with Crippen LogP contribution in [0.2, 0.25) is 0 Å². The van der Waals surface area contributed by atoms with E-state index >= 15 is 0 Å². The molecule has 1 saturated heterocycles. The lowest BCUT2D eigenvalue weighted by atomic mass is 10.1. The van der Waals surface area contributed by atoms with Crippen LogP contribution in [0.25, 0.3) is 0 Å². The van der Waals surface area contributed by atoms with E-state index in [1.54, 1.807) is 6.07 Å². The van der Waals surface area contributed by atoms with E-state index in [4.69, 9.17) is 4.99 Å². The number of aliphatic imine (C=N–C) groups is 1. The summed E-state index contributed by atoms with van der Waals surface area (Å²) in [7, 11) is 2.15. The Bertz CT molecular complexity index is 868. The highest BCUT2D eigenvalue weighted by atomic mass is 19.1. The zero-order chi connectivity index (χ0) is 17.0. The van der Waals surface area contributed by atoms with Gasteiger partial charge in [0.05, 0.1) is 17.1 Å². The number of fused-ring (bicyclic) bond motifs is 2. The van der Waals surface area contributed by atoms with Crippen molar-refractivity contribution in [3.05, 3.63) is 53.3 Å². The van der Waals surface area contributed by atoms with Crippen molar-refractivity contribution < 1.29 is 4.39 Å². The van der Waals surface area contributed by atoms with Gasteiger partial charge < -0.3 is 14.7 Å². The Hall–Kier alpha value is -2.40. The number of para-hydroxylation sites is 1. The molecule has 2 aromatic rings. The summed E-state index contributed by atoms with van der Waals surface area (Å²) in [5.74, 6) is 0.756. The first kappa shape index (κ1) is 14.9. The zero-order valence-corrected chi connectivity index (χ0v) is 14.4. The first-order chi connectivity index (χ1) is 12.2. The quantitative estimate of drug-likeness (QED) is 0.738. The fourth-order valence-corrected chi connectivity index (χ4v) is 4.13. The number of halogens is 1. The molecule has 0 saturated carbocycles. The van der Waals surface area contributed by atoms with E-state index in [2.05, 4.69) is 39.9 Å². The number of amidine groups is 1. The molecule has 3 aliphatic heterocycles. The van der Waals surface area contributed by atoms with E-state index in [1.807, 2.05) is 6.07 Å². The highest BCUT2D eigenvalue weighted by Gasteiger charge is 2.32. The van der Waals surface area contributed by atoms with Crippen LogP contribution < -0.4 is 4.90 Å². The molecule has 0 amide bonds. The molecule has 0 N–H and O–H groups in total. The van der Waals surface area contributed by atoms with Crippen molar-refractivity contribution in [2.45, 2.75) is 6.42 Å². The summed E-state index contributed by atoms with van der Waals surface area (Å²) in [6.07, 6.45) is 1.02. The molecule has 5 rings (SSSR count). The lowest BCUT2D eigenvalue weighted by molar-refractivity contribution is 0.216. The lowest BCUT2D eigenvalue weighted by Crippen LogP contribution is -2.47. The molecule has 2 aromatic carbocycles. The average molecular weight is 336 g/mol. The van der Waals surface area contributed by atoms with Crippen LogP contribution in [0.5, 0.6) is 0 Å². The van der Waals surface area contributed by atoms with Crippen molar-refractivity contribution in [2.24, 2.45) is 4.99 Å². The molecule has 0 atom stereocenters. The summed E-state index contributed by atoms with van der Waals surface area (Å²) in [6.45, 7) is 4.87. The maximum atomic E-state index is 13.9. The second-order valence-electron chi connectivity index (χ2n) is 7.07. The molecular weight excluding hydrogens is 315 g/mol. The van der Waals surface area contributed by atoms with Crippen molar-refractivity contribution in [2.75, 3.05) is 44.7 Å². The third kappa shape index (κ3) is 2.34. The predicted molar refractivity (Wildman–Crippen MR) is 98.8 cm³/mol. The minimum Gasteiger partial charge on any atom is -0.353 e. The molecule has 128 valence electrons. The van der Waals surface area contributed by atoms with E-state index in [0.717, 1.165) is 56.4 Å². The fourth-order valence-electron chi connectivity index (χ4n) is 4.13. The first-order valence-corrected chi connectivity index (χ1v) is 8.92. The molecule has 0 bridgehead atoms. The summed E-state index contributed by atoms with van der Waals surface area (Å²) in [6, 6.07) is 11.5. The second kappa shape index (κ2) is 5.56. The maximum Gasteiger partial charge on any atom is 0.138 e. The van der Waals surface area contributed by atoms with Crippen LogP contribution in [-0.4, -0.2) is 55.4 Å². The Labute approximate surface area is 147 Å². The van der Waals surface area contributed by atoms with E-state index in [1.165, 1.54) is 22.9 Å². The van der Waals surface area contributed by atoms with Crippen LogP contribution in [0, 0.1) is 5.82 Å². The summed E-state index contributed by atoms with van der Waals surface area (Å²) in [4.78, 5) is 12.0. The molecule has 25 heavy (non-hydrogen) atoms. The van der Waals surface area contributed by atoms with Gasteiger partial charge in [-0.3, -0.25) is 0 Å². The Morgan fingerprint density at radius 3 is 2.68 bits per heavy atom. The zero-order valence-electron chi connectivity index (χ0n) is 14.4. The van der Waals surface area contributed by atoms with Gasteiger partial charge in [-0.25, -0.2) is 9.38 Å². The van der Waals surface area contributed by atoms with E-state index < -0.39 is 0 Å². The minimum atomic E-state index is -0.231. The van der Waals surface area contributed by atoms with Gasteiger partial charge in [0, 0.05) is 44.4 Å². The van der Waals surface area contributed by atoms with Gasteiger partial charge in [0.2, 0.25) is 0 Å². The first-order valence-electron chi connectivity index (χ1n) is 8.92. The fraction of sp³-hybridized carbons (Fsp3) is 0.350. The van der Waals surface area contributed by atoms with Gasteiger partial charge in [-0.2, -0.15) is 0 Å². The largest absolute Gasteiger partial charge is 0.353 e. The molecule has 0 unspecified atom stereocenters. The number of rotatable bonds is 0. The number of hydrogen-bond acceptors (Lipinski definition) is 4.